The maximum absolute atomic E-state index is 14.0. The summed E-state index contributed by atoms with van der Waals surface area (Å²) in [4.78, 5) is 28.3. The van der Waals surface area contributed by atoms with E-state index in [0.717, 1.165) is 22.4 Å². The summed E-state index contributed by atoms with van der Waals surface area (Å²) in [7, 11) is 0. The number of hydrogen-bond acceptors (Lipinski definition) is 3. The number of halogens is 2. The van der Waals surface area contributed by atoms with Crippen molar-refractivity contribution in [3.63, 3.8) is 0 Å². The summed E-state index contributed by atoms with van der Waals surface area (Å²) >= 11 is 5.99. The fraction of sp³-hybridized carbons (Fsp3) is 0.364. The zero-order valence-electron chi connectivity index (χ0n) is 16.8. The van der Waals surface area contributed by atoms with Crippen molar-refractivity contribution >= 4 is 23.4 Å². The summed E-state index contributed by atoms with van der Waals surface area (Å²) in [5.41, 5.74) is 2.99. The second-order valence-electron chi connectivity index (χ2n) is 7.21. The van der Waals surface area contributed by atoms with Crippen molar-refractivity contribution in [1.29, 1.82) is 0 Å². The van der Waals surface area contributed by atoms with Crippen LogP contribution >= 0.6 is 11.6 Å². The van der Waals surface area contributed by atoms with Gasteiger partial charge in [0.05, 0.1) is 10.6 Å². The minimum atomic E-state index is -0.640. The van der Waals surface area contributed by atoms with Gasteiger partial charge in [0, 0.05) is 26.2 Å². The zero-order chi connectivity index (χ0) is 21.1. The largest absolute Gasteiger partial charge is 0.483 e. The van der Waals surface area contributed by atoms with Crippen LogP contribution in [0, 0.1) is 26.6 Å². The first-order chi connectivity index (χ1) is 13.8. The Hall–Kier alpha value is -2.60. The van der Waals surface area contributed by atoms with E-state index in [1.807, 2.05) is 32.9 Å². The van der Waals surface area contributed by atoms with E-state index in [9.17, 15) is 14.0 Å². The van der Waals surface area contributed by atoms with Crippen LogP contribution in [0.15, 0.2) is 30.3 Å². The molecular formula is C22H24ClFN2O3. The van der Waals surface area contributed by atoms with Gasteiger partial charge in [-0.1, -0.05) is 29.8 Å². The second kappa shape index (κ2) is 8.82. The fourth-order valence-corrected chi connectivity index (χ4v) is 3.64. The number of ether oxygens (including phenoxy) is 1. The molecule has 1 aliphatic heterocycles. The third-order valence-corrected chi connectivity index (χ3v) is 5.62. The molecule has 0 aromatic heterocycles. The fourth-order valence-electron chi connectivity index (χ4n) is 3.39. The summed E-state index contributed by atoms with van der Waals surface area (Å²) < 4.78 is 19.8. The van der Waals surface area contributed by atoms with Gasteiger partial charge in [-0.3, -0.25) is 9.59 Å². The van der Waals surface area contributed by atoms with Gasteiger partial charge in [-0.25, -0.2) is 4.39 Å². The number of rotatable bonds is 4. The summed E-state index contributed by atoms with van der Waals surface area (Å²) in [5.74, 6) is -0.497. The van der Waals surface area contributed by atoms with E-state index in [-0.39, 0.29) is 23.1 Å². The van der Waals surface area contributed by atoms with E-state index in [4.69, 9.17) is 16.3 Å². The molecule has 154 valence electrons. The number of hydrogen-bond donors (Lipinski definition) is 0. The standard InChI is InChI=1S/C22H24ClFN2O3/c1-14-7-8-15(2)21(16(14)3)29-13-19(27)25-9-11-26(12-10-25)22(28)20-17(23)5-4-6-18(20)24/h4-8H,9-13H2,1-3H3. The molecule has 2 aromatic rings. The van der Waals surface area contributed by atoms with Crippen LogP contribution in [0.4, 0.5) is 4.39 Å². The third-order valence-electron chi connectivity index (χ3n) is 5.31. The van der Waals surface area contributed by atoms with Crippen LogP contribution in [-0.4, -0.2) is 54.4 Å². The normalized spacial score (nSPS) is 14.1. The second-order valence-corrected chi connectivity index (χ2v) is 7.62. The molecule has 3 rings (SSSR count). The first-order valence-corrected chi connectivity index (χ1v) is 9.88. The molecule has 0 N–H and O–H groups in total. The summed E-state index contributed by atoms with van der Waals surface area (Å²) in [6, 6.07) is 8.16. The SMILES string of the molecule is Cc1ccc(C)c(OCC(=O)N2CCN(C(=O)c3c(F)cccc3Cl)CC2)c1C. The van der Waals surface area contributed by atoms with Crippen LogP contribution in [0.3, 0.4) is 0 Å². The van der Waals surface area contributed by atoms with Gasteiger partial charge in [-0.2, -0.15) is 0 Å². The van der Waals surface area contributed by atoms with Crippen LogP contribution in [-0.2, 0) is 4.79 Å². The molecule has 1 fully saturated rings. The van der Waals surface area contributed by atoms with Crippen molar-refractivity contribution in [3.05, 3.63) is 63.4 Å². The van der Waals surface area contributed by atoms with Crippen molar-refractivity contribution in [2.24, 2.45) is 0 Å². The highest BCUT2D eigenvalue weighted by Crippen LogP contribution is 2.26. The molecular weight excluding hydrogens is 395 g/mol. The summed E-state index contributed by atoms with van der Waals surface area (Å²) in [6.45, 7) is 7.23. The monoisotopic (exact) mass is 418 g/mol. The molecule has 29 heavy (non-hydrogen) atoms. The molecule has 1 aliphatic rings. The zero-order valence-corrected chi connectivity index (χ0v) is 17.6. The number of piperazine rings is 1. The van der Waals surface area contributed by atoms with Crippen LogP contribution in [0.5, 0.6) is 5.75 Å². The van der Waals surface area contributed by atoms with Crippen molar-refractivity contribution in [2.45, 2.75) is 20.8 Å². The lowest BCUT2D eigenvalue weighted by Gasteiger charge is -2.35. The number of amides is 2. The smallest absolute Gasteiger partial charge is 0.260 e. The summed E-state index contributed by atoms with van der Waals surface area (Å²) in [5, 5.41) is 0.0887. The quantitative estimate of drug-likeness (QED) is 0.759. The van der Waals surface area contributed by atoms with Gasteiger partial charge >= 0.3 is 0 Å². The third kappa shape index (κ3) is 4.53. The predicted molar refractivity (Wildman–Crippen MR) is 110 cm³/mol. The molecule has 7 heteroatoms. The highest BCUT2D eigenvalue weighted by atomic mass is 35.5. The van der Waals surface area contributed by atoms with E-state index in [0.29, 0.717) is 26.2 Å². The maximum atomic E-state index is 14.0. The lowest BCUT2D eigenvalue weighted by Crippen LogP contribution is -2.51. The minimum Gasteiger partial charge on any atom is -0.483 e. The van der Waals surface area contributed by atoms with Crippen LogP contribution in [0.2, 0.25) is 5.02 Å². The van der Waals surface area contributed by atoms with Gasteiger partial charge in [0.2, 0.25) is 0 Å². The highest BCUT2D eigenvalue weighted by Gasteiger charge is 2.28. The van der Waals surface area contributed by atoms with Crippen molar-refractivity contribution in [2.75, 3.05) is 32.8 Å². The average molecular weight is 419 g/mol. The highest BCUT2D eigenvalue weighted by molar-refractivity contribution is 6.33. The molecule has 0 saturated carbocycles. The summed E-state index contributed by atoms with van der Waals surface area (Å²) in [6.07, 6.45) is 0. The molecule has 2 amide bonds. The Balaban J connectivity index is 1.57. The minimum absolute atomic E-state index is 0.0573. The van der Waals surface area contributed by atoms with Gasteiger partial charge in [0.25, 0.3) is 11.8 Å². The van der Waals surface area contributed by atoms with Gasteiger partial charge < -0.3 is 14.5 Å². The van der Waals surface area contributed by atoms with Crippen molar-refractivity contribution in [1.82, 2.24) is 9.80 Å². The molecule has 5 nitrogen and oxygen atoms in total. The topological polar surface area (TPSA) is 49.9 Å². The molecule has 0 atom stereocenters. The van der Waals surface area contributed by atoms with E-state index in [1.165, 1.54) is 23.1 Å². The predicted octanol–water partition coefficient (Wildman–Crippen LogP) is 3.77. The van der Waals surface area contributed by atoms with E-state index >= 15 is 0 Å². The van der Waals surface area contributed by atoms with Gasteiger partial charge in [-0.15, -0.1) is 0 Å². The molecule has 0 bridgehead atoms. The lowest BCUT2D eigenvalue weighted by atomic mass is 10.1. The van der Waals surface area contributed by atoms with E-state index in [1.54, 1.807) is 4.90 Å². The average Bonchev–Trinajstić information content (AvgIpc) is 2.70. The molecule has 1 heterocycles. The molecule has 0 aliphatic carbocycles. The Bertz CT molecular complexity index is 920. The van der Waals surface area contributed by atoms with Gasteiger partial charge in [-0.05, 0) is 49.6 Å². The van der Waals surface area contributed by atoms with Gasteiger partial charge in [0.15, 0.2) is 6.61 Å². The van der Waals surface area contributed by atoms with Crippen LogP contribution in [0.25, 0.3) is 0 Å². The van der Waals surface area contributed by atoms with Crippen LogP contribution in [0.1, 0.15) is 27.0 Å². The number of carbonyl (C=O) groups is 2. The number of carbonyl (C=O) groups excluding carboxylic acids is 2. The molecule has 2 aromatic carbocycles. The number of aryl methyl sites for hydroxylation is 2. The Labute approximate surface area is 175 Å². The molecule has 0 radical (unpaired) electrons. The van der Waals surface area contributed by atoms with E-state index < -0.39 is 11.7 Å². The van der Waals surface area contributed by atoms with Crippen molar-refractivity contribution < 1.29 is 18.7 Å². The lowest BCUT2D eigenvalue weighted by molar-refractivity contribution is -0.134. The first kappa shape index (κ1) is 21.1. The molecule has 0 unspecified atom stereocenters. The van der Waals surface area contributed by atoms with E-state index in [2.05, 4.69) is 0 Å². The maximum Gasteiger partial charge on any atom is 0.260 e. The Morgan fingerprint density at radius 1 is 1.00 bits per heavy atom. The van der Waals surface area contributed by atoms with Crippen LogP contribution < -0.4 is 4.74 Å². The Kier molecular flexibility index (Phi) is 6.42. The van der Waals surface area contributed by atoms with Gasteiger partial charge in [0.1, 0.15) is 11.6 Å². The number of nitrogens with zero attached hydrogens (tertiary/aromatic N) is 2. The Morgan fingerprint density at radius 2 is 1.62 bits per heavy atom. The van der Waals surface area contributed by atoms with Crippen molar-refractivity contribution in [3.8, 4) is 5.75 Å². The molecule has 0 spiro atoms. The Morgan fingerprint density at radius 3 is 2.28 bits per heavy atom. The number of benzene rings is 2. The molecule has 1 saturated heterocycles. The first-order valence-electron chi connectivity index (χ1n) is 9.50.